The molecule has 0 bridgehead atoms. The summed E-state index contributed by atoms with van der Waals surface area (Å²) in [6.07, 6.45) is -1.96. The molecule has 17 heavy (non-hydrogen) atoms. The lowest BCUT2D eigenvalue weighted by molar-refractivity contribution is -0.182. The fourth-order valence-electron chi connectivity index (χ4n) is 2.31. The Morgan fingerprint density at radius 2 is 1.76 bits per heavy atom. The van der Waals surface area contributed by atoms with Crippen LogP contribution in [0.25, 0.3) is 0 Å². The van der Waals surface area contributed by atoms with E-state index < -0.39 is 18.3 Å². The number of halogens is 4. The van der Waals surface area contributed by atoms with Gasteiger partial charge in [0, 0.05) is 6.04 Å². The highest BCUT2D eigenvalue weighted by Gasteiger charge is 2.41. The van der Waals surface area contributed by atoms with Crippen LogP contribution in [0.1, 0.15) is 45.4 Å². The van der Waals surface area contributed by atoms with Crippen LogP contribution in [0.3, 0.4) is 0 Å². The van der Waals surface area contributed by atoms with Gasteiger partial charge in [-0.3, -0.25) is 0 Å². The summed E-state index contributed by atoms with van der Waals surface area (Å²) in [7, 11) is 0. The first-order valence-corrected chi connectivity index (χ1v) is 6.33. The lowest BCUT2D eigenvalue weighted by atomic mass is 9.85. The standard InChI is InChI=1S/C12H21F4N/c1-9(13)3-2-8-17-11-6-4-10(5-7-11)12(14,15)16/h9-11,17H,2-8H2,1H3. The summed E-state index contributed by atoms with van der Waals surface area (Å²) in [5, 5.41) is 3.21. The molecule has 0 aliphatic heterocycles. The molecule has 1 unspecified atom stereocenters. The first-order valence-electron chi connectivity index (χ1n) is 6.33. The van der Waals surface area contributed by atoms with Crippen LogP contribution in [0, 0.1) is 5.92 Å². The van der Waals surface area contributed by atoms with Crippen LogP contribution in [0.4, 0.5) is 17.6 Å². The van der Waals surface area contributed by atoms with E-state index >= 15 is 0 Å². The second-order valence-electron chi connectivity index (χ2n) is 4.97. The van der Waals surface area contributed by atoms with E-state index in [0.29, 0.717) is 25.8 Å². The second kappa shape index (κ2) is 6.57. The Morgan fingerprint density at radius 3 is 2.24 bits per heavy atom. The summed E-state index contributed by atoms with van der Waals surface area (Å²) in [6, 6.07) is 0.184. The SMILES string of the molecule is CC(F)CCCNC1CCC(C(F)(F)F)CC1. The van der Waals surface area contributed by atoms with E-state index in [0.717, 1.165) is 6.42 Å². The van der Waals surface area contributed by atoms with Crippen LogP contribution in [0.2, 0.25) is 0 Å². The Kier molecular flexibility index (Phi) is 5.70. The van der Waals surface area contributed by atoms with Crippen molar-refractivity contribution < 1.29 is 17.6 Å². The Morgan fingerprint density at radius 1 is 1.18 bits per heavy atom. The quantitative estimate of drug-likeness (QED) is 0.581. The highest BCUT2D eigenvalue weighted by molar-refractivity contribution is 4.80. The van der Waals surface area contributed by atoms with Crippen molar-refractivity contribution in [1.82, 2.24) is 5.32 Å². The monoisotopic (exact) mass is 255 g/mol. The molecule has 1 aliphatic carbocycles. The number of rotatable bonds is 5. The van der Waals surface area contributed by atoms with E-state index in [9.17, 15) is 17.6 Å². The molecule has 1 aliphatic rings. The number of hydrogen-bond donors (Lipinski definition) is 1. The molecule has 0 amide bonds. The average Bonchev–Trinajstić information content (AvgIpc) is 2.23. The van der Waals surface area contributed by atoms with E-state index in [1.807, 2.05) is 0 Å². The third-order valence-corrected chi connectivity index (χ3v) is 3.40. The van der Waals surface area contributed by atoms with E-state index in [4.69, 9.17) is 0 Å². The molecule has 1 rings (SSSR count). The molecule has 0 aromatic carbocycles. The number of alkyl halides is 4. The Bertz CT molecular complexity index is 207. The van der Waals surface area contributed by atoms with Gasteiger partial charge >= 0.3 is 6.18 Å². The number of hydrogen-bond acceptors (Lipinski definition) is 1. The van der Waals surface area contributed by atoms with Crippen molar-refractivity contribution in [3.63, 3.8) is 0 Å². The fourth-order valence-corrected chi connectivity index (χ4v) is 2.31. The molecule has 1 atom stereocenters. The first kappa shape index (κ1) is 14.7. The average molecular weight is 255 g/mol. The van der Waals surface area contributed by atoms with Crippen molar-refractivity contribution in [3.8, 4) is 0 Å². The molecule has 102 valence electrons. The van der Waals surface area contributed by atoms with Crippen LogP contribution >= 0.6 is 0 Å². The zero-order valence-electron chi connectivity index (χ0n) is 10.2. The lowest BCUT2D eigenvalue weighted by Crippen LogP contribution is -2.37. The zero-order valence-corrected chi connectivity index (χ0v) is 10.2. The van der Waals surface area contributed by atoms with Gasteiger partial charge in [0.15, 0.2) is 0 Å². The molecule has 0 saturated heterocycles. The topological polar surface area (TPSA) is 12.0 Å². The molecule has 5 heteroatoms. The summed E-state index contributed by atoms with van der Waals surface area (Å²) in [5.41, 5.74) is 0. The Hall–Kier alpha value is -0.320. The van der Waals surface area contributed by atoms with E-state index in [1.165, 1.54) is 6.92 Å². The van der Waals surface area contributed by atoms with Crippen molar-refractivity contribution in [2.75, 3.05) is 6.54 Å². The Balaban J connectivity index is 2.11. The fraction of sp³-hybridized carbons (Fsp3) is 1.00. The maximum absolute atomic E-state index is 12.5. The molecule has 1 nitrogen and oxygen atoms in total. The third kappa shape index (κ3) is 5.70. The molecule has 1 N–H and O–H groups in total. The van der Waals surface area contributed by atoms with Crippen molar-refractivity contribution in [1.29, 1.82) is 0 Å². The van der Waals surface area contributed by atoms with Crippen LogP contribution in [0.5, 0.6) is 0 Å². The minimum absolute atomic E-state index is 0.184. The third-order valence-electron chi connectivity index (χ3n) is 3.40. The Labute approximate surface area is 100.0 Å². The summed E-state index contributed by atoms with van der Waals surface area (Å²) in [6.45, 7) is 2.23. The highest BCUT2D eigenvalue weighted by atomic mass is 19.4. The van der Waals surface area contributed by atoms with Gasteiger partial charge < -0.3 is 5.32 Å². The van der Waals surface area contributed by atoms with Crippen molar-refractivity contribution >= 4 is 0 Å². The van der Waals surface area contributed by atoms with Crippen molar-refractivity contribution in [2.45, 2.75) is 63.8 Å². The molecule has 0 radical (unpaired) electrons. The van der Waals surface area contributed by atoms with Crippen molar-refractivity contribution in [2.24, 2.45) is 5.92 Å². The predicted molar refractivity (Wildman–Crippen MR) is 59.6 cm³/mol. The van der Waals surface area contributed by atoms with Gasteiger partial charge in [0.25, 0.3) is 0 Å². The van der Waals surface area contributed by atoms with Crippen molar-refractivity contribution in [3.05, 3.63) is 0 Å². The normalized spacial score (nSPS) is 28.1. The highest BCUT2D eigenvalue weighted by Crippen LogP contribution is 2.37. The molecular weight excluding hydrogens is 234 g/mol. The molecule has 0 heterocycles. The minimum atomic E-state index is -4.03. The first-order chi connectivity index (χ1) is 7.89. The van der Waals surface area contributed by atoms with Crippen LogP contribution in [-0.2, 0) is 0 Å². The van der Waals surface area contributed by atoms with E-state index in [-0.39, 0.29) is 18.9 Å². The van der Waals surface area contributed by atoms with Gasteiger partial charge in [-0.15, -0.1) is 0 Å². The summed E-state index contributed by atoms with van der Waals surface area (Å²) in [5.74, 6) is -1.12. The van der Waals surface area contributed by atoms with Gasteiger partial charge in [0.2, 0.25) is 0 Å². The second-order valence-corrected chi connectivity index (χ2v) is 4.97. The summed E-state index contributed by atoms with van der Waals surface area (Å²) in [4.78, 5) is 0. The summed E-state index contributed by atoms with van der Waals surface area (Å²) < 4.78 is 49.7. The maximum atomic E-state index is 12.5. The van der Waals surface area contributed by atoms with Gasteiger partial charge in [-0.1, -0.05) is 0 Å². The van der Waals surface area contributed by atoms with Gasteiger partial charge in [0.1, 0.15) is 0 Å². The van der Waals surface area contributed by atoms with E-state index in [1.54, 1.807) is 0 Å². The molecule has 0 spiro atoms. The van der Waals surface area contributed by atoms with Gasteiger partial charge in [-0.2, -0.15) is 13.2 Å². The van der Waals surface area contributed by atoms with E-state index in [2.05, 4.69) is 5.32 Å². The van der Waals surface area contributed by atoms with Crippen LogP contribution in [0.15, 0.2) is 0 Å². The molecular formula is C12H21F4N. The maximum Gasteiger partial charge on any atom is 0.391 e. The zero-order chi connectivity index (χ0) is 12.9. The van der Waals surface area contributed by atoms with Gasteiger partial charge in [-0.25, -0.2) is 4.39 Å². The number of nitrogens with one attached hydrogen (secondary N) is 1. The minimum Gasteiger partial charge on any atom is -0.314 e. The van der Waals surface area contributed by atoms with Gasteiger partial charge in [0.05, 0.1) is 12.1 Å². The largest absolute Gasteiger partial charge is 0.391 e. The molecule has 1 fully saturated rings. The predicted octanol–water partition coefficient (Wildman–Crippen LogP) is 3.84. The lowest BCUT2D eigenvalue weighted by Gasteiger charge is -2.30. The summed E-state index contributed by atoms with van der Waals surface area (Å²) >= 11 is 0. The van der Waals surface area contributed by atoms with Crippen LogP contribution < -0.4 is 5.32 Å². The smallest absolute Gasteiger partial charge is 0.314 e. The molecule has 1 saturated carbocycles. The van der Waals surface area contributed by atoms with Crippen LogP contribution in [-0.4, -0.2) is 24.9 Å². The molecule has 0 aromatic heterocycles. The molecule has 0 aromatic rings. The van der Waals surface area contributed by atoms with Gasteiger partial charge in [-0.05, 0) is 52.0 Å².